The van der Waals surface area contributed by atoms with E-state index in [4.69, 9.17) is 14.4 Å². The Morgan fingerprint density at radius 3 is 2.00 bits per heavy atom. The third-order valence-corrected chi connectivity index (χ3v) is 11.0. The molecule has 0 saturated carbocycles. The second-order valence-corrected chi connectivity index (χ2v) is 14.0. The third-order valence-electron chi connectivity index (χ3n) is 11.0. The number of nitrogens with zero attached hydrogens (tertiary/aromatic N) is 3. The molecule has 3 heterocycles. The van der Waals surface area contributed by atoms with Crippen LogP contribution in [0, 0.1) is 0 Å². The van der Waals surface area contributed by atoms with Gasteiger partial charge in [0.2, 0.25) is 0 Å². The average Bonchev–Trinajstić information content (AvgIpc) is 3.80. The first-order valence-corrected chi connectivity index (χ1v) is 18.5. The molecular formula is C50H33N3O. The molecule has 0 radical (unpaired) electrons. The first kappa shape index (κ1) is 30.6. The van der Waals surface area contributed by atoms with Gasteiger partial charge in [0.1, 0.15) is 5.58 Å². The highest BCUT2D eigenvalue weighted by molar-refractivity contribution is 6.14. The van der Waals surface area contributed by atoms with Crippen molar-refractivity contribution >= 4 is 55.4 Å². The van der Waals surface area contributed by atoms with Gasteiger partial charge in [0.15, 0.2) is 11.4 Å². The summed E-state index contributed by atoms with van der Waals surface area (Å²) in [4.78, 5) is 10.5. The molecule has 0 N–H and O–H groups in total. The molecule has 7 aromatic carbocycles. The highest BCUT2D eigenvalue weighted by Gasteiger charge is 2.25. The highest BCUT2D eigenvalue weighted by atomic mass is 16.3. The molecule has 254 valence electrons. The summed E-state index contributed by atoms with van der Waals surface area (Å²) in [6, 6.07) is 59.7. The summed E-state index contributed by atoms with van der Waals surface area (Å²) in [5.41, 5.74) is 15.3. The highest BCUT2D eigenvalue weighted by Crippen LogP contribution is 2.43. The third kappa shape index (κ3) is 4.84. The van der Waals surface area contributed by atoms with E-state index in [1.807, 2.05) is 12.1 Å². The summed E-state index contributed by atoms with van der Waals surface area (Å²) >= 11 is 0. The minimum Gasteiger partial charge on any atom is -0.454 e. The van der Waals surface area contributed by atoms with Crippen molar-refractivity contribution in [3.8, 4) is 39.5 Å². The normalized spacial score (nSPS) is 12.8. The lowest BCUT2D eigenvalue weighted by Gasteiger charge is -2.18. The summed E-state index contributed by atoms with van der Waals surface area (Å²) < 4.78 is 9.29. The Morgan fingerprint density at radius 1 is 0.500 bits per heavy atom. The molecule has 0 bridgehead atoms. The summed E-state index contributed by atoms with van der Waals surface area (Å²) in [7, 11) is 0. The quantitative estimate of drug-likeness (QED) is 0.180. The van der Waals surface area contributed by atoms with Crippen molar-refractivity contribution in [2.75, 3.05) is 0 Å². The van der Waals surface area contributed by atoms with Crippen molar-refractivity contribution in [3.63, 3.8) is 0 Å². The number of hydrogen-bond donors (Lipinski definition) is 0. The predicted octanol–water partition coefficient (Wildman–Crippen LogP) is 13.0. The van der Waals surface area contributed by atoms with Gasteiger partial charge in [0, 0.05) is 43.9 Å². The van der Waals surface area contributed by atoms with E-state index >= 15 is 0 Å². The van der Waals surface area contributed by atoms with Crippen molar-refractivity contribution in [2.45, 2.75) is 12.8 Å². The standard InChI is InChI=1S/C50H33N3O/c1-3-13-32(14-4-1)34-25-27-35(28-26-34)48-38-18-7-9-21-42(38)51-50(52-48)40-20-12-24-46-47(40)39-19-11-23-45(49(39)54-46)53-43-22-10-8-17-37(43)41-31-36(29-30-44(41)53)33-15-5-2-6-16-33/h1-28,31H,29-30H2. The molecule has 11 rings (SSSR count). The lowest BCUT2D eigenvalue weighted by Crippen LogP contribution is -2.05. The predicted molar refractivity (Wildman–Crippen MR) is 223 cm³/mol. The van der Waals surface area contributed by atoms with Crippen LogP contribution in [0.1, 0.15) is 23.2 Å². The molecule has 4 heteroatoms. The van der Waals surface area contributed by atoms with E-state index in [1.165, 1.54) is 44.4 Å². The van der Waals surface area contributed by atoms with Crippen molar-refractivity contribution in [3.05, 3.63) is 187 Å². The van der Waals surface area contributed by atoms with Crippen molar-refractivity contribution in [1.82, 2.24) is 14.5 Å². The Hall–Kier alpha value is -7.04. The topological polar surface area (TPSA) is 43.9 Å². The molecule has 10 aromatic rings. The average molecular weight is 692 g/mol. The molecule has 0 fully saturated rings. The van der Waals surface area contributed by atoms with Gasteiger partial charge in [-0.1, -0.05) is 146 Å². The van der Waals surface area contributed by atoms with Crippen LogP contribution in [0.15, 0.2) is 174 Å². The zero-order valence-electron chi connectivity index (χ0n) is 29.4. The molecule has 1 aliphatic carbocycles. The van der Waals surface area contributed by atoms with Crippen LogP contribution in [-0.2, 0) is 6.42 Å². The number of rotatable bonds is 5. The molecule has 54 heavy (non-hydrogen) atoms. The van der Waals surface area contributed by atoms with Gasteiger partial charge in [-0.05, 0) is 65.4 Å². The Bertz CT molecular complexity index is 3080. The van der Waals surface area contributed by atoms with Gasteiger partial charge in [-0.15, -0.1) is 0 Å². The van der Waals surface area contributed by atoms with Crippen LogP contribution in [0.3, 0.4) is 0 Å². The van der Waals surface area contributed by atoms with E-state index < -0.39 is 0 Å². The van der Waals surface area contributed by atoms with E-state index in [9.17, 15) is 0 Å². The number of aromatic nitrogens is 3. The maximum Gasteiger partial charge on any atom is 0.161 e. The lowest BCUT2D eigenvalue weighted by molar-refractivity contribution is 0.665. The second-order valence-electron chi connectivity index (χ2n) is 14.0. The van der Waals surface area contributed by atoms with Gasteiger partial charge in [0.05, 0.1) is 22.4 Å². The fourth-order valence-electron chi connectivity index (χ4n) is 8.44. The van der Waals surface area contributed by atoms with Gasteiger partial charge in [-0.3, -0.25) is 0 Å². The zero-order chi connectivity index (χ0) is 35.6. The lowest BCUT2D eigenvalue weighted by atomic mass is 9.91. The summed E-state index contributed by atoms with van der Waals surface area (Å²) in [5, 5.41) is 4.34. The molecule has 0 saturated heterocycles. The smallest absolute Gasteiger partial charge is 0.161 e. The number of hydrogen-bond acceptors (Lipinski definition) is 3. The number of furan rings is 1. The van der Waals surface area contributed by atoms with Crippen molar-refractivity contribution in [2.24, 2.45) is 0 Å². The number of benzene rings is 7. The minimum absolute atomic E-state index is 0.678. The maximum absolute atomic E-state index is 6.87. The monoisotopic (exact) mass is 691 g/mol. The van der Waals surface area contributed by atoms with Crippen LogP contribution in [-0.4, -0.2) is 14.5 Å². The molecule has 3 aromatic heterocycles. The van der Waals surface area contributed by atoms with Gasteiger partial charge in [-0.2, -0.15) is 0 Å². The Balaban J connectivity index is 1.09. The molecular weight excluding hydrogens is 659 g/mol. The molecule has 0 amide bonds. The molecule has 0 unspecified atom stereocenters. The Kier molecular flexibility index (Phi) is 6.96. The number of fused-ring (bicyclic) bond motifs is 7. The molecule has 4 nitrogen and oxygen atoms in total. The summed E-state index contributed by atoms with van der Waals surface area (Å²) in [6.07, 6.45) is 4.31. The Labute approximate surface area is 312 Å². The number of para-hydroxylation sites is 3. The van der Waals surface area contributed by atoms with Gasteiger partial charge in [-0.25, -0.2) is 9.97 Å². The Morgan fingerprint density at radius 2 is 1.17 bits per heavy atom. The molecule has 0 atom stereocenters. The fourth-order valence-corrected chi connectivity index (χ4v) is 8.44. The maximum atomic E-state index is 6.87. The van der Waals surface area contributed by atoms with Gasteiger partial charge < -0.3 is 8.98 Å². The van der Waals surface area contributed by atoms with E-state index in [2.05, 4.69) is 168 Å². The van der Waals surface area contributed by atoms with Crippen LogP contribution in [0.4, 0.5) is 0 Å². The summed E-state index contributed by atoms with van der Waals surface area (Å²) in [5.74, 6) is 0.678. The summed E-state index contributed by atoms with van der Waals surface area (Å²) in [6.45, 7) is 0. The molecule has 0 aliphatic heterocycles. The van der Waals surface area contributed by atoms with E-state index in [-0.39, 0.29) is 0 Å². The van der Waals surface area contributed by atoms with Crippen LogP contribution in [0.5, 0.6) is 0 Å². The molecule has 0 spiro atoms. The fraction of sp³-hybridized carbons (Fsp3) is 0.0400. The van der Waals surface area contributed by atoms with E-state index in [1.54, 1.807) is 0 Å². The van der Waals surface area contributed by atoms with E-state index in [0.29, 0.717) is 5.82 Å². The first-order valence-electron chi connectivity index (χ1n) is 18.5. The van der Waals surface area contributed by atoms with Crippen molar-refractivity contribution in [1.29, 1.82) is 0 Å². The first-order chi connectivity index (χ1) is 26.8. The van der Waals surface area contributed by atoms with Crippen LogP contribution >= 0.6 is 0 Å². The van der Waals surface area contributed by atoms with E-state index in [0.717, 1.165) is 68.2 Å². The zero-order valence-corrected chi connectivity index (χ0v) is 29.4. The van der Waals surface area contributed by atoms with Gasteiger partial charge in [0.25, 0.3) is 0 Å². The van der Waals surface area contributed by atoms with Crippen molar-refractivity contribution < 1.29 is 4.42 Å². The second kappa shape index (κ2) is 12.3. The van der Waals surface area contributed by atoms with Crippen LogP contribution in [0.25, 0.3) is 94.9 Å². The minimum atomic E-state index is 0.678. The SMILES string of the molecule is C1=C(c2ccccc2)CCc2c1c1ccccc1n2-c1cccc2c1oc1cccc(-c3nc(-c4ccc(-c5ccccc5)cc4)c4ccccc4n3)c12. The van der Waals surface area contributed by atoms with Gasteiger partial charge >= 0.3 is 0 Å². The molecule has 1 aliphatic rings. The van der Waals surface area contributed by atoms with Crippen LogP contribution < -0.4 is 0 Å². The largest absolute Gasteiger partial charge is 0.454 e. The van der Waals surface area contributed by atoms with Crippen LogP contribution in [0.2, 0.25) is 0 Å². The number of allylic oxidation sites excluding steroid dienone is 1.